The lowest BCUT2D eigenvalue weighted by molar-refractivity contribution is -0.120. The molecule has 0 fully saturated rings. The smallest absolute Gasteiger partial charge is 0.243 e. The molecule has 1 aliphatic rings. The number of anilines is 1. The molecule has 0 bridgehead atoms. The van der Waals surface area contributed by atoms with E-state index in [0.29, 0.717) is 12.1 Å². The Balaban J connectivity index is 1.89. The van der Waals surface area contributed by atoms with Crippen LogP contribution in [0, 0.1) is 13.8 Å². The van der Waals surface area contributed by atoms with E-state index >= 15 is 0 Å². The predicted octanol–water partition coefficient (Wildman–Crippen LogP) is 2.63. The van der Waals surface area contributed by atoms with E-state index in [0.717, 1.165) is 28.5 Å². The maximum atomic E-state index is 12.8. The molecule has 132 valence electrons. The molecule has 0 unspecified atom stereocenters. The minimum absolute atomic E-state index is 0.222. The largest absolute Gasteiger partial charge is 0.325 e. The number of nitrogens with zero attached hydrogens (tertiary/aromatic N) is 1. The number of nitrogens with one attached hydrogen (secondary N) is 1. The van der Waals surface area contributed by atoms with Crippen LogP contribution < -0.4 is 5.32 Å². The highest BCUT2D eigenvalue weighted by Crippen LogP contribution is 2.26. The number of benzene rings is 2. The number of carbonyl (C=O) groups excluding carboxylic acids is 1. The van der Waals surface area contributed by atoms with Crippen LogP contribution in [0.25, 0.3) is 0 Å². The summed E-state index contributed by atoms with van der Waals surface area (Å²) in [6.45, 7) is 4.20. The minimum Gasteiger partial charge on any atom is -0.325 e. The highest BCUT2D eigenvalue weighted by Gasteiger charge is 2.36. The standard InChI is InChI=1S/C19H22N2O3S/c1-13-8-9-17(10-14(13)2)20-19(22)18-11-15-6-4-5-7-16(15)12-21(18)25(3,23)24/h4-10,18H,11-12H2,1-3H3,(H,20,22)/t18-/m0/s1. The quantitative estimate of drug-likeness (QED) is 0.917. The molecule has 0 aromatic heterocycles. The highest BCUT2D eigenvalue weighted by molar-refractivity contribution is 7.88. The summed E-state index contributed by atoms with van der Waals surface area (Å²) >= 11 is 0. The fourth-order valence-corrected chi connectivity index (χ4v) is 4.12. The number of hydrogen-bond acceptors (Lipinski definition) is 3. The summed E-state index contributed by atoms with van der Waals surface area (Å²) < 4.78 is 25.7. The van der Waals surface area contributed by atoms with E-state index in [1.165, 1.54) is 4.31 Å². The van der Waals surface area contributed by atoms with Gasteiger partial charge >= 0.3 is 0 Å². The zero-order chi connectivity index (χ0) is 18.2. The summed E-state index contributed by atoms with van der Waals surface area (Å²) in [6.07, 6.45) is 1.52. The first-order valence-corrected chi connectivity index (χ1v) is 10.0. The molecular formula is C19H22N2O3S. The van der Waals surface area contributed by atoms with Gasteiger partial charge in [0, 0.05) is 12.2 Å². The normalized spacial score (nSPS) is 17.8. The van der Waals surface area contributed by atoms with Crippen molar-refractivity contribution in [2.75, 3.05) is 11.6 Å². The van der Waals surface area contributed by atoms with Gasteiger partial charge in [0.15, 0.2) is 0 Å². The number of sulfonamides is 1. The monoisotopic (exact) mass is 358 g/mol. The van der Waals surface area contributed by atoms with Gasteiger partial charge < -0.3 is 5.32 Å². The SMILES string of the molecule is Cc1ccc(NC(=O)[C@@H]2Cc3ccccc3CN2S(C)(=O)=O)cc1C. The van der Waals surface area contributed by atoms with E-state index in [1.807, 2.05) is 56.3 Å². The van der Waals surface area contributed by atoms with Gasteiger partial charge in [0.2, 0.25) is 15.9 Å². The zero-order valence-electron chi connectivity index (χ0n) is 14.6. The molecule has 3 rings (SSSR count). The molecule has 0 saturated carbocycles. The Morgan fingerprint density at radius 1 is 1.08 bits per heavy atom. The van der Waals surface area contributed by atoms with Crippen LogP contribution in [0.1, 0.15) is 22.3 Å². The fraction of sp³-hybridized carbons (Fsp3) is 0.316. The average molecular weight is 358 g/mol. The van der Waals surface area contributed by atoms with Crippen LogP contribution in [0.4, 0.5) is 5.69 Å². The molecule has 2 aromatic rings. The van der Waals surface area contributed by atoms with Gasteiger partial charge in [-0.2, -0.15) is 4.31 Å². The second-order valence-electron chi connectivity index (χ2n) is 6.59. The Kier molecular flexibility index (Phi) is 4.67. The molecule has 5 nitrogen and oxygen atoms in total. The van der Waals surface area contributed by atoms with Crippen LogP contribution in [0.5, 0.6) is 0 Å². The number of rotatable bonds is 3. The summed E-state index contributed by atoms with van der Waals surface area (Å²) in [7, 11) is -3.50. The van der Waals surface area contributed by atoms with Gasteiger partial charge in [0.05, 0.1) is 6.26 Å². The van der Waals surface area contributed by atoms with Crippen molar-refractivity contribution in [1.82, 2.24) is 4.31 Å². The Labute approximate surface area is 148 Å². The van der Waals surface area contributed by atoms with E-state index in [9.17, 15) is 13.2 Å². The zero-order valence-corrected chi connectivity index (χ0v) is 15.4. The molecule has 0 saturated heterocycles. The number of fused-ring (bicyclic) bond motifs is 1. The fourth-order valence-electron chi connectivity index (χ4n) is 3.12. The van der Waals surface area contributed by atoms with Gasteiger partial charge in [0.25, 0.3) is 0 Å². The van der Waals surface area contributed by atoms with E-state index in [2.05, 4.69) is 5.32 Å². The lowest BCUT2D eigenvalue weighted by Gasteiger charge is -2.34. The number of hydrogen-bond donors (Lipinski definition) is 1. The van der Waals surface area contributed by atoms with Crippen LogP contribution >= 0.6 is 0 Å². The van der Waals surface area contributed by atoms with Crippen LogP contribution in [0.15, 0.2) is 42.5 Å². The van der Waals surface area contributed by atoms with E-state index in [4.69, 9.17) is 0 Å². The van der Waals surface area contributed by atoms with Crippen molar-refractivity contribution in [2.24, 2.45) is 0 Å². The number of aryl methyl sites for hydroxylation is 2. The van der Waals surface area contributed by atoms with Crippen molar-refractivity contribution in [3.63, 3.8) is 0 Å². The highest BCUT2D eigenvalue weighted by atomic mass is 32.2. The van der Waals surface area contributed by atoms with E-state index in [1.54, 1.807) is 0 Å². The van der Waals surface area contributed by atoms with Crippen molar-refractivity contribution >= 4 is 21.6 Å². The van der Waals surface area contributed by atoms with Crippen molar-refractivity contribution in [3.8, 4) is 0 Å². The Hall–Kier alpha value is -2.18. The summed E-state index contributed by atoms with van der Waals surface area (Å²) in [6, 6.07) is 12.6. The first-order valence-electron chi connectivity index (χ1n) is 8.17. The third-order valence-corrected chi connectivity index (χ3v) is 5.94. The van der Waals surface area contributed by atoms with Crippen molar-refractivity contribution < 1.29 is 13.2 Å². The second-order valence-corrected chi connectivity index (χ2v) is 8.52. The first kappa shape index (κ1) is 17.6. The maximum absolute atomic E-state index is 12.8. The molecule has 1 heterocycles. The van der Waals surface area contributed by atoms with Gasteiger partial charge in [-0.1, -0.05) is 30.3 Å². The summed E-state index contributed by atoms with van der Waals surface area (Å²) in [5.74, 6) is -0.303. The Morgan fingerprint density at radius 3 is 2.40 bits per heavy atom. The van der Waals surface area contributed by atoms with Crippen LogP contribution in [0.2, 0.25) is 0 Å². The van der Waals surface area contributed by atoms with Crippen LogP contribution in [-0.4, -0.2) is 30.9 Å². The second kappa shape index (κ2) is 6.61. The Morgan fingerprint density at radius 2 is 1.76 bits per heavy atom. The third-order valence-electron chi connectivity index (χ3n) is 4.71. The van der Waals surface area contributed by atoms with Gasteiger partial charge in [-0.3, -0.25) is 4.79 Å². The molecule has 1 aliphatic heterocycles. The molecule has 1 amide bonds. The first-order chi connectivity index (χ1) is 11.8. The molecule has 1 N–H and O–H groups in total. The predicted molar refractivity (Wildman–Crippen MR) is 98.9 cm³/mol. The van der Waals surface area contributed by atoms with Crippen LogP contribution in [-0.2, 0) is 27.8 Å². The topological polar surface area (TPSA) is 66.5 Å². The lowest BCUT2D eigenvalue weighted by Crippen LogP contribution is -2.50. The summed E-state index contributed by atoms with van der Waals surface area (Å²) in [5, 5.41) is 2.87. The molecule has 1 atom stereocenters. The van der Waals surface area contributed by atoms with Gasteiger partial charge in [-0.05, 0) is 54.7 Å². The van der Waals surface area contributed by atoms with E-state index in [-0.39, 0.29) is 12.5 Å². The van der Waals surface area contributed by atoms with Crippen molar-refractivity contribution in [3.05, 3.63) is 64.7 Å². The molecule has 0 spiro atoms. The van der Waals surface area contributed by atoms with E-state index < -0.39 is 16.1 Å². The third kappa shape index (κ3) is 3.75. The number of amides is 1. The maximum Gasteiger partial charge on any atom is 0.243 e. The Bertz CT molecular complexity index is 922. The van der Waals surface area contributed by atoms with Gasteiger partial charge in [-0.15, -0.1) is 0 Å². The molecular weight excluding hydrogens is 336 g/mol. The molecule has 25 heavy (non-hydrogen) atoms. The summed E-state index contributed by atoms with van der Waals surface area (Å²) in [4.78, 5) is 12.8. The molecule has 0 aliphatic carbocycles. The van der Waals surface area contributed by atoms with Gasteiger partial charge in [-0.25, -0.2) is 8.42 Å². The molecule has 0 radical (unpaired) electrons. The van der Waals surface area contributed by atoms with Crippen molar-refractivity contribution in [2.45, 2.75) is 32.9 Å². The van der Waals surface area contributed by atoms with Crippen molar-refractivity contribution in [1.29, 1.82) is 0 Å². The van der Waals surface area contributed by atoms with Gasteiger partial charge in [0.1, 0.15) is 6.04 Å². The molecule has 6 heteroatoms. The summed E-state index contributed by atoms with van der Waals surface area (Å²) in [5.41, 5.74) is 4.86. The lowest BCUT2D eigenvalue weighted by atomic mass is 9.95. The minimum atomic E-state index is -3.50. The average Bonchev–Trinajstić information content (AvgIpc) is 2.56. The molecule has 2 aromatic carbocycles. The number of carbonyl (C=O) groups is 1. The van der Waals surface area contributed by atoms with Crippen LogP contribution in [0.3, 0.4) is 0 Å².